The van der Waals surface area contributed by atoms with Gasteiger partial charge in [-0.15, -0.1) is 11.3 Å². The summed E-state index contributed by atoms with van der Waals surface area (Å²) in [4.78, 5) is 22.6. The summed E-state index contributed by atoms with van der Waals surface area (Å²) in [6.45, 7) is 0.591. The van der Waals surface area contributed by atoms with Crippen molar-refractivity contribution < 1.29 is 19.4 Å². The fourth-order valence-corrected chi connectivity index (χ4v) is 2.26. The first-order valence-corrected chi connectivity index (χ1v) is 5.79. The molecule has 0 bridgehead atoms. The van der Waals surface area contributed by atoms with E-state index in [1.165, 1.54) is 0 Å². The van der Waals surface area contributed by atoms with Crippen LogP contribution in [0.5, 0.6) is 0 Å². The summed E-state index contributed by atoms with van der Waals surface area (Å²) < 4.78 is 5.21. The van der Waals surface area contributed by atoms with Crippen molar-refractivity contribution in [2.24, 2.45) is 0 Å². The van der Waals surface area contributed by atoms with Gasteiger partial charge in [0.15, 0.2) is 0 Å². The lowest BCUT2D eigenvalue weighted by atomic mass is 10.2. The third kappa shape index (κ3) is 2.23. The highest BCUT2D eigenvalue weighted by Crippen LogP contribution is 2.23. The Morgan fingerprint density at radius 1 is 1.56 bits per heavy atom. The van der Waals surface area contributed by atoms with E-state index in [0.717, 1.165) is 17.8 Å². The van der Waals surface area contributed by atoms with Crippen LogP contribution in [-0.4, -0.2) is 29.7 Å². The molecule has 2 rings (SSSR count). The van der Waals surface area contributed by atoms with E-state index in [-0.39, 0.29) is 10.8 Å². The molecule has 1 fully saturated rings. The number of ether oxygens (including phenoxy) is 1. The molecule has 0 radical (unpaired) electrons. The van der Waals surface area contributed by atoms with E-state index in [9.17, 15) is 9.59 Å². The molecule has 6 heteroatoms. The molecule has 5 nitrogen and oxygen atoms in total. The number of thiophene rings is 1. The average Bonchev–Trinajstić information content (AvgIpc) is 2.86. The van der Waals surface area contributed by atoms with E-state index in [1.807, 2.05) is 0 Å². The fraction of sp³-hybridized carbons (Fsp3) is 0.400. The summed E-state index contributed by atoms with van der Waals surface area (Å²) in [6.07, 6.45) is 1.12. The van der Waals surface area contributed by atoms with Gasteiger partial charge in [0.25, 0.3) is 5.91 Å². The highest BCUT2D eigenvalue weighted by Gasteiger charge is 2.25. The Balaban J connectivity index is 2.05. The predicted octanol–water partition coefficient (Wildman–Crippen LogP) is 1.56. The van der Waals surface area contributed by atoms with Crippen molar-refractivity contribution in [1.82, 2.24) is 0 Å². The molecule has 0 aromatic carbocycles. The number of hydrogen-bond donors (Lipinski definition) is 2. The SMILES string of the molecule is O=C(O)c1sccc1NC(=O)C1CCCO1. The number of aromatic carboxylic acids is 1. The Kier molecular flexibility index (Phi) is 3.21. The zero-order valence-corrected chi connectivity index (χ0v) is 9.25. The molecule has 0 aliphatic carbocycles. The Morgan fingerprint density at radius 3 is 3.00 bits per heavy atom. The molecule has 1 aromatic heterocycles. The van der Waals surface area contributed by atoms with Crippen LogP contribution in [0.25, 0.3) is 0 Å². The monoisotopic (exact) mass is 241 g/mol. The van der Waals surface area contributed by atoms with Gasteiger partial charge in [0.1, 0.15) is 11.0 Å². The van der Waals surface area contributed by atoms with Crippen molar-refractivity contribution >= 4 is 28.9 Å². The first kappa shape index (κ1) is 11.1. The number of carbonyl (C=O) groups is 2. The summed E-state index contributed by atoms with van der Waals surface area (Å²) in [5.74, 6) is -1.30. The molecule has 1 aliphatic heterocycles. The Bertz CT molecular complexity index is 409. The number of carbonyl (C=O) groups excluding carboxylic acids is 1. The van der Waals surface area contributed by atoms with Gasteiger partial charge in [0.2, 0.25) is 0 Å². The Hall–Kier alpha value is -1.40. The van der Waals surface area contributed by atoms with Gasteiger partial charge in [-0.25, -0.2) is 4.79 Å². The van der Waals surface area contributed by atoms with Gasteiger partial charge < -0.3 is 15.2 Å². The van der Waals surface area contributed by atoms with Gasteiger partial charge in [-0.2, -0.15) is 0 Å². The quantitative estimate of drug-likeness (QED) is 0.842. The van der Waals surface area contributed by atoms with Gasteiger partial charge in [-0.05, 0) is 24.3 Å². The molecular formula is C10H11NO4S. The van der Waals surface area contributed by atoms with Crippen LogP contribution >= 0.6 is 11.3 Å². The second-order valence-electron chi connectivity index (χ2n) is 3.46. The standard InChI is InChI=1S/C10H11NO4S/c12-9(7-2-1-4-15-7)11-6-3-5-16-8(6)10(13)14/h3,5,7H,1-2,4H2,(H,11,12)(H,13,14). The Labute approximate surface area is 96.0 Å². The average molecular weight is 241 g/mol. The zero-order valence-electron chi connectivity index (χ0n) is 8.43. The van der Waals surface area contributed by atoms with Crippen molar-refractivity contribution in [3.63, 3.8) is 0 Å². The molecule has 0 spiro atoms. The van der Waals surface area contributed by atoms with Crippen LogP contribution in [-0.2, 0) is 9.53 Å². The molecule has 1 amide bonds. The van der Waals surface area contributed by atoms with E-state index in [4.69, 9.17) is 9.84 Å². The number of carboxylic acid groups (broad SMARTS) is 1. The second kappa shape index (κ2) is 4.63. The number of anilines is 1. The topological polar surface area (TPSA) is 75.6 Å². The fourth-order valence-electron chi connectivity index (χ4n) is 1.57. The molecule has 1 saturated heterocycles. The highest BCUT2D eigenvalue weighted by molar-refractivity contribution is 7.12. The predicted molar refractivity (Wildman–Crippen MR) is 58.9 cm³/mol. The van der Waals surface area contributed by atoms with Crippen LogP contribution in [0, 0.1) is 0 Å². The van der Waals surface area contributed by atoms with E-state index in [1.54, 1.807) is 11.4 Å². The second-order valence-corrected chi connectivity index (χ2v) is 4.38. The lowest BCUT2D eigenvalue weighted by Crippen LogP contribution is -2.27. The number of carboxylic acids is 1. The molecule has 2 N–H and O–H groups in total. The van der Waals surface area contributed by atoms with Crippen LogP contribution in [0.3, 0.4) is 0 Å². The van der Waals surface area contributed by atoms with Crippen molar-refractivity contribution in [1.29, 1.82) is 0 Å². The van der Waals surface area contributed by atoms with Gasteiger partial charge in [-0.3, -0.25) is 4.79 Å². The number of amides is 1. The first-order valence-electron chi connectivity index (χ1n) is 4.91. The van der Waals surface area contributed by atoms with E-state index < -0.39 is 12.1 Å². The summed E-state index contributed by atoms with van der Waals surface area (Å²) >= 11 is 1.09. The van der Waals surface area contributed by atoms with Crippen LogP contribution in [0.1, 0.15) is 22.5 Å². The molecule has 16 heavy (non-hydrogen) atoms. The van der Waals surface area contributed by atoms with Gasteiger partial charge in [0.05, 0.1) is 5.69 Å². The molecule has 1 aliphatic rings. The number of nitrogens with one attached hydrogen (secondary N) is 1. The van der Waals surface area contributed by atoms with E-state index >= 15 is 0 Å². The Morgan fingerprint density at radius 2 is 2.38 bits per heavy atom. The number of hydrogen-bond acceptors (Lipinski definition) is 4. The zero-order chi connectivity index (χ0) is 11.5. The van der Waals surface area contributed by atoms with Crippen LogP contribution in [0.4, 0.5) is 5.69 Å². The molecular weight excluding hydrogens is 230 g/mol. The minimum Gasteiger partial charge on any atom is -0.477 e. The molecule has 0 saturated carbocycles. The highest BCUT2D eigenvalue weighted by atomic mass is 32.1. The number of rotatable bonds is 3. The van der Waals surface area contributed by atoms with Crippen molar-refractivity contribution in [3.05, 3.63) is 16.3 Å². The first-order chi connectivity index (χ1) is 7.68. The molecule has 1 atom stereocenters. The summed E-state index contributed by atoms with van der Waals surface area (Å²) in [5, 5.41) is 13.1. The third-order valence-corrected chi connectivity index (χ3v) is 3.24. The van der Waals surface area contributed by atoms with Crippen molar-refractivity contribution in [3.8, 4) is 0 Å². The van der Waals surface area contributed by atoms with Crippen LogP contribution in [0.15, 0.2) is 11.4 Å². The summed E-state index contributed by atoms with van der Waals surface area (Å²) in [5.41, 5.74) is 0.345. The maximum Gasteiger partial charge on any atom is 0.348 e. The summed E-state index contributed by atoms with van der Waals surface area (Å²) in [7, 11) is 0. The van der Waals surface area contributed by atoms with E-state index in [2.05, 4.69) is 5.32 Å². The molecule has 1 unspecified atom stereocenters. The smallest absolute Gasteiger partial charge is 0.348 e. The lowest BCUT2D eigenvalue weighted by molar-refractivity contribution is -0.124. The maximum atomic E-state index is 11.7. The van der Waals surface area contributed by atoms with Gasteiger partial charge in [0, 0.05) is 6.61 Å². The van der Waals surface area contributed by atoms with Gasteiger partial charge in [-0.1, -0.05) is 0 Å². The van der Waals surface area contributed by atoms with Crippen molar-refractivity contribution in [2.75, 3.05) is 11.9 Å². The van der Waals surface area contributed by atoms with Crippen LogP contribution in [0.2, 0.25) is 0 Å². The molecule has 86 valence electrons. The van der Waals surface area contributed by atoms with Crippen LogP contribution < -0.4 is 5.32 Å². The lowest BCUT2D eigenvalue weighted by Gasteiger charge is -2.09. The minimum absolute atomic E-state index is 0.145. The molecule has 2 heterocycles. The molecule has 1 aromatic rings. The van der Waals surface area contributed by atoms with Crippen molar-refractivity contribution in [2.45, 2.75) is 18.9 Å². The normalized spacial score (nSPS) is 19.6. The minimum atomic E-state index is -1.03. The maximum absolute atomic E-state index is 11.7. The third-order valence-electron chi connectivity index (χ3n) is 2.34. The van der Waals surface area contributed by atoms with Gasteiger partial charge >= 0.3 is 5.97 Å². The van der Waals surface area contributed by atoms with E-state index in [0.29, 0.717) is 18.7 Å². The largest absolute Gasteiger partial charge is 0.477 e. The summed E-state index contributed by atoms with van der Waals surface area (Å²) in [6, 6.07) is 1.58.